The van der Waals surface area contributed by atoms with Gasteiger partial charge in [-0.15, -0.1) is 0 Å². The summed E-state index contributed by atoms with van der Waals surface area (Å²) >= 11 is 0. The Balaban J connectivity index is 1.37. The monoisotopic (exact) mass is 356 g/mol. The molecule has 0 aliphatic heterocycles. The highest BCUT2D eigenvalue weighted by atomic mass is 16.5. The number of carbonyl (C=O) groups is 3. The number of esters is 1. The summed E-state index contributed by atoms with van der Waals surface area (Å²) in [4.78, 5) is 35.1. The van der Waals surface area contributed by atoms with Crippen LogP contribution in [0.5, 0.6) is 0 Å². The van der Waals surface area contributed by atoms with Gasteiger partial charge >= 0.3 is 12.0 Å². The number of ether oxygens (including phenoxy) is 1. The van der Waals surface area contributed by atoms with E-state index < -0.39 is 24.5 Å². The molecule has 2 N–H and O–H groups in total. The molecule has 0 fully saturated rings. The van der Waals surface area contributed by atoms with Gasteiger partial charge < -0.3 is 14.5 Å². The Kier molecular flexibility index (Phi) is 5.68. The minimum Gasteiger partial charge on any atom is -0.467 e. The highest BCUT2D eigenvalue weighted by Gasteiger charge is 2.14. The number of nitrogens with one attached hydrogen (secondary N) is 2. The molecular formula is C19H20N2O5. The van der Waals surface area contributed by atoms with Gasteiger partial charge in [-0.2, -0.15) is 0 Å². The number of carbonyl (C=O) groups excluding carboxylic acids is 3. The van der Waals surface area contributed by atoms with Gasteiger partial charge in [0.1, 0.15) is 5.76 Å². The first-order chi connectivity index (χ1) is 12.6. The van der Waals surface area contributed by atoms with Crippen molar-refractivity contribution < 1.29 is 23.5 Å². The Morgan fingerprint density at radius 1 is 1.12 bits per heavy atom. The van der Waals surface area contributed by atoms with Gasteiger partial charge in [-0.3, -0.25) is 14.9 Å². The quantitative estimate of drug-likeness (QED) is 0.770. The number of benzene rings is 1. The van der Waals surface area contributed by atoms with Crippen molar-refractivity contribution in [3.63, 3.8) is 0 Å². The van der Waals surface area contributed by atoms with Gasteiger partial charge in [-0.05, 0) is 48.1 Å². The van der Waals surface area contributed by atoms with Gasteiger partial charge in [0.05, 0.1) is 19.2 Å². The highest BCUT2D eigenvalue weighted by molar-refractivity contribution is 5.95. The van der Waals surface area contributed by atoms with Crippen molar-refractivity contribution in [1.29, 1.82) is 0 Å². The smallest absolute Gasteiger partial charge is 0.321 e. The van der Waals surface area contributed by atoms with E-state index in [2.05, 4.69) is 10.6 Å². The molecule has 136 valence electrons. The number of urea groups is 1. The molecule has 2 aromatic rings. The molecular weight excluding hydrogens is 336 g/mol. The zero-order valence-corrected chi connectivity index (χ0v) is 14.2. The SMILES string of the molecule is O=C(COC(=O)Cc1ccc2c(c1)CCC2)NC(=O)NCc1ccco1. The lowest BCUT2D eigenvalue weighted by atomic mass is 10.0. The maximum Gasteiger partial charge on any atom is 0.321 e. The van der Waals surface area contributed by atoms with E-state index in [9.17, 15) is 14.4 Å². The van der Waals surface area contributed by atoms with Crippen LogP contribution in [0.25, 0.3) is 0 Å². The van der Waals surface area contributed by atoms with Crippen molar-refractivity contribution in [3.05, 3.63) is 59.0 Å². The lowest BCUT2D eigenvalue weighted by Crippen LogP contribution is -2.41. The van der Waals surface area contributed by atoms with Gasteiger partial charge in [0.25, 0.3) is 5.91 Å². The zero-order chi connectivity index (χ0) is 18.4. The molecule has 0 atom stereocenters. The number of rotatable bonds is 6. The third-order valence-corrected chi connectivity index (χ3v) is 4.13. The van der Waals surface area contributed by atoms with Crippen LogP contribution in [0.1, 0.15) is 28.9 Å². The molecule has 7 nitrogen and oxygen atoms in total. The molecule has 3 amide bonds. The average molecular weight is 356 g/mol. The summed E-state index contributed by atoms with van der Waals surface area (Å²) in [6, 6.07) is 8.69. The summed E-state index contributed by atoms with van der Waals surface area (Å²) in [5, 5.41) is 4.55. The molecule has 7 heteroatoms. The topological polar surface area (TPSA) is 97.6 Å². The van der Waals surface area contributed by atoms with Crippen LogP contribution < -0.4 is 10.6 Å². The molecule has 3 rings (SSSR count). The standard InChI is InChI=1S/C19H20N2O5/c22-17(21-19(24)20-11-16-5-2-8-25-16)12-26-18(23)10-13-6-7-14-3-1-4-15(14)9-13/h2,5-9H,1,3-4,10-12H2,(H2,20,21,22,24). The minimum absolute atomic E-state index is 0.102. The van der Waals surface area contributed by atoms with Crippen LogP contribution in [-0.2, 0) is 40.1 Å². The van der Waals surface area contributed by atoms with Crippen LogP contribution in [0.2, 0.25) is 0 Å². The first kappa shape index (κ1) is 17.7. The van der Waals surface area contributed by atoms with Crippen molar-refractivity contribution in [3.8, 4) is 0 Å². The second-order valence-corrected chi connectivity index (χ2v) is 6.10. The van der Waals surface area contributed by atoms with E-state index >= 15 is 0 Å². The summed E-state index contributed by atoms with van der Waals surface area (Å²) < 4.78 is 9.98. The predicted octanol–water partition coefficient (Wildman–Crippen LogP) is 1.88. The Bertz CT molecular complexity index is 798. The first-order valence-corrected chi connectivity index (χ1v) is 8.46. The van der Waals surface area contributed by atoms with Crippen LogP contribution in [0.4, 0.5) is 4.79 Å². The predicted molar refractivity (Wildman–Crippen MR) is 92.2 cm³/mol. The van der Waals surface area contributed by atoms with Gasteiger partial charge in [-0.25, -0.2) is 4.79 Å². The van der Waals surface area contributed by atoms with Crippen molar-refractivity contribution >= 4 is 17.9 Å². The Labute approximate surface area is 150 Å². The number of hydrogen-bond acceptors (Lipinski definition) is 5. The lowest BCUT2D eigenvalue weighted by molar-refractivity contribution is -0.147. The fraction of sp³-hybridized carbons (Fsp3) is 0.316. The molecule has 0 radical (unpaired) electrons. The van der Waals surface area contributed by atoms with Crippen molar-refractivity contribution in [2.24, 2.45) is 0 Å². The molecule has 1 aromatic heterocycles. The highest BCUT2D eigenvalue weighted by Crippen LogP contribution is 2.23. The van der Waals surface area contributed by atoms with E-state index in [1.165, 1.54) is 17.4 Å². The molecule has 26 heavy (non-hydrogen) atoms. The summed E-state index contributed by atoms with van der Waals surface area (Å²) in [6.45, 7) is -0.345. The van der Waals surface area contributed by atoms with Gasteiger partial charge in [0.2, 0.25) is 0 Å². The normalized spacial score (nSPS) is 12.3. The largest absolute Gasteiger partial charge is 0.467 e. The number of fused-ring (bicyclic) bond motifs is 1. The van der Waals surface area contributed by atoms with E-state index in [1.54, 1.807) is 12.1 Å². The van der Waals surface area contributed by atoms with E-state index in [0.29, 0.717) is 5.76 Å². The molecule has 1 aliphatic rings. The number of amides is 3. The van der Waals surface area contributed by atoms with Crippen molar-refractivity contribution in [2.75, 3.05) is 6.61 Å². The zero-order valence-electron chi connectivity index (χ0n) is 14.2. The summed E-state index contributed by atoms with van der Waals surface area (Å²) in [7, 11) is 0. The minimum atomic E-state index is -0.691. The number of aryl methyl sites for hydroxylation is 2. The van der Waals surface area contributed by atoms with Crippen LogP contribution in [0.3, 0.4) is 0 Å². The Morgan fingerprint density at radius 2 is 1.96 bits per heavy atom. The van der Waals surface area contributed by atoms with Gasteiger partial charge in [-0.1, -0.05) is 18.2 Å². The molecule has 1 heterocycles. The maximum atomic E-state index is 11.9. The molecule has 0 unspecified atom stereocenters. The summed E-state index contributed by atoms with van der Waals surface area (Å²) in [5.74, 6) is -0.633. The number of furan rings is 1. The van der Waals surface area contributed by atoms with Crippen LogP contribution in [0.15, 0.2) is 41.0 Å². The number of imide groups is 1. The van der Waals surface area contributed by atoms with E-state index in [0.717, 1.165) is 24.8 Å². The first-order valence-electron chi connectivity index (χ1n) is 8.46. The summed E-state index contributed by atoms with van der Waals surface area (Å²) in [6.07, 6.45) is 4.85. The fourth-order valence-electron chi connectivity index (χ4n) is 2.89. The molecule has 0 bridgehead atoms. The molecule has 1 aliphatic carbocycles. The third kappa shape index (κ3) is 4.95. The molecule has 0 saturated heterocycles. The van der Waals surface area contributed by atoms with E-state index in [-0.39, 0.29) is 13.0 Å². The average Bonchev–Trinajstić information content (AvgIpc) is 3.29. The Morgan fingerprint density at radius 3 is 2.77 bits per heavy atom. The second-order valence-electron chi connectivity index (χ2n) is 6.10. The second kappa shape index (κ2) is 8.33. The third-order valence-electron chi connectivity index (χ3n) is 4.13. The maximum absolute atomic E-state index is 11.9. The molecule has 0 saturated carbocycles. The number of hydrogen-bond donors (Lipinski definition) is 2. The van der Waals surface area contributed by atoms with Gasteiger partial charge in [0, 0.05) is 0 Å². The van der Waals surface area contributed by atoms with E-state index in [4.69, 9.17) is 9.15 Å². The molecule has 0 spiro atoms. The Hall–Kier alpha value is -3.09. The van der Waals surface area contributed by atoms with E-state index in [1.807, 2.05) is 18.2 Å². The van der Waals surface area contributed by atoms with Crippen molar-refractivity contribution in [2.45, 2.75) is 32.2 Å². The molecule has 1 aromatic carbocycles. The fourth-order valence-corrected chi connectivity index (χ4v) is 2.89. The summed E-state index contributed by atoms with van der Waals surface area (Å²) in [5.41, 5.74) is 3.48. The van der Waals surface area contributed by atoms with Crippen LogP contribution in [-0.4, -0.2) is 24.5 Å². The van der Waals surface area contributed by atoms with Crippen LogP contribution in [0, 0.1) is 0 Å². The van der Waals surface area contributed by atoms with Crippen molar-refractivity contribution in [1.82, 2.24) is 10.6 Å². The lowest BCUT2D eigenvalue weighted by Gasteiger charge is -2.07. The van der Waals surface area contributed by atoms with Crippen LogP contribution >= 0.6 is 0 Å². The van der Waals surface area contributed by atoms with Gasteiger partial charge in [0.15, 0.2) is 6.61 Å².